The van der Waals surface area contributed by atoms with Gasteiger partial charge in [0.1, 0.15) is 12.1 Å². The largest absolute Gasteiger partial charge is 0.444 e. The van der Waals surface area contributed by atoms with E-state index in [0.29, 0.717) is 43.6 Å². The molecule has 1 aromatic carbocycles. The zero-order valence-electron chi connectivity index (χ0n) is 25.6. The molecule has 1 unspecified atom stereocenters. The van der Waals surface area contributed by atoms with E-state index in [1.807, 2.05) is 27.7 Å². The predicted octanol–water partition coefficient (Wildman–Crippen LogP) is 6.76. The minimum atomic E-state index is -4.57. The SMILES string of the molecule is CC1CC2(CCN(C(=O)OC(C)(C)C)CC2)c2c1n(CC(=O)Nc1ccc(C(F)(F)F)cc1Cl)c1ncc(C3CC3)nc1c2=O. The van der Waals surface area contributed by atoms with E-state index in [0.717, 1.165) is 36.7 Å². The molecule has 0 radical (unpaired) electrons. The molecular formula is C32H35ClF3N5O4. The number of amides is 2. The number of piperidine rings is 1. The molecule has 13 heteroatoms. The van der Waals surface area contributed by atoms with Crippen LogP contribution in [0.15, 0.2) is 29.2 Å². The molecule has 1 N–H and O–H groups in total. The van der Waals surface area contributed by atoms with Gasteiger partial charge in [-0.25, -0.2) is 14.8 Å². The number of carbonyl (C=O) groups excluding carboxylic acids is 2. The smallest absolute Gasteiger partial charge is 0.416 e. The number of carbonyl (C=O) groups is 2. The first-order valence-electron chi connectivity index (χ1n) is 15.1. The van der Waals surface area contributed by atoms with Crippen LogP contribution in [-0.2, 0) is 27.7 Å². The maximum Gasteiger partial charge on any atom is 0.416 e. The summed E-state index contributed by atoms with van der Waals surface area (Å²) < 4.78 is 46.7. The fourth-order valence-corrected chi connectivity index (χ4v) is 7.03. The molecule has 1 spiro atoms. The van der Waals surface area contributed by atoms with E-state index in [-0.39, 0.29) is 45.7 Å². The quantitative estimate of drug-likeness (QED) is 0.336. The normalized spacial score (nSPS) is 19.6. The number of ether oxygens (including phenoxy) is 1. The standard InChI is InChI=1S/C32H35ClF3N5O4/c1-17-14-31(9-11-40(12-10-31)29(44)45-30(2,3)4)24-26(17)41(28-25(27(24)43)39-22(15-37-28)18-5-6-18)16-23(42)38-21-8-7-19(13-20(21)33)32(34,35)36/h7-8,13,15,17-18H,5-6,9-12,14,16H2,1-4H3,(H,38,42). The van der Waals surface area contributed by atoms with E-state index in [1.165, 1.54) is 0 Å². The summed E-state index contributed by atoms with van der Waals surface area (Å²) in [4.78, 5) is 51.6. The van der Waals surface area contributed by atoms with Crippen molar-refractivity contribution in [1.82, 2.24) is 19.4 Å². The Morgan fingerprint density at radius 1 is 1.16 bits per heavy atom. The van der Waals surface area contributed by atoms with Crippen LogP contribution >= 0.6 is 11.6 Å². The molecule has 1 atom stereocenters. The number of hydrogen-bond donors (Lipinski definition) is 1. The number of alkyl halides is 3. The van der Waals surface area contributed by atoms with Gasteiger partial charge in [0.25, 0.3) is 0 Å². The molecule has 2 amide bonds. The third-order valence-electron chi connectivity index (χ3n) is 8.95. The third kappa shape index (κ3) is 6.01. The summed E-state index contributed by atoms with van der Waals surface area (Å²) >= 11 is 6.11. The van der Waals surface area contributed by atoms with Crippen LogP contribution in [0.1, 0.15) is 94.1 Å². The van der Waals surface area contributed by atoms with Crippen molar-refractivity contribution in [1.29, 1.82) is 0 Å². The Bertz CT molecular complexity index is 1750. The molecule has 3 aromatic rings. The number of fused-ring (bicyclic) bond motifs is 3. The number of hydrogen-bond acceptors (Lipinski definition) is 6. The number of likely N-dealkylation sites (tertiary alicyclic amines) is 1. The number of nitrogens with zero attached hydrogens (tertiary/aromatic N) is 4. The fraction of sp³-hybridized carbons (Fsp3) is 0.531. The predicted molar refractivity (Wildman–Crippen MR) is 163 cm³/mol. The number of rotatable bonds is 4. The maximum absolute atomic E-state index is 14.3. The zero-order valence-corrected chi connectivity index (χ0v) is 26.3. The van der Waals surface area contributed by atoms with Crippen molar-refractivity contribution in [2.24, 2.45) is 0 Å². The Balaban J connectivity index is 1.37. The molecular weight excluding hydrogens is 611 g/mol. The van der Waals surface area contributed by atoms with Crippen molar-refractivity contribution in [2.45, 2.75) is 95.4 Å². The number of halogens is 4. The van der Waals surface area contributed by atoms with E-state index in [4.69, 9.17) is 21.3 Å². The van der Waals surface area contributed by atoms with Gasteiger partial charge in [-0.3, -0.25) is 9.59 Å². The lowest BCUT2D eigenvalue weighted by Gasteiger charge is -2.40. The Kier molecular flexibility index (Phi) is 7.65. The van der Waals surface area contributed by atoms with Crippen LogP contribution in [0.2, 0.25) is 5.02 Å². The lowest BCUT2D eigenvalue weighted by Crippen LogP contribution is -2.47. The average molecular weight is 646 g/mol. The van der Waals surface area contributed by atoms with E-state index in [2.05, 4.69) is 10.3 Å². The first kappa shape index (κ1) is 31.3. The number of nitrogens with one attached hydrogen (secondary N) is 1. The van der Waals surface area contributed by atoms with Crippen molar-refractivity contribution < 1.29 is 27.5 Å². The molecule has 0 bridgehead atoms. The summed E-state index contributed by atoms with van der Waals surface area (Å²) in [5.41, 5.74) is 0.287. The molecule has 3 heterocycles. The lowest BCUT2D eigenvalue weighted by atomic mass is 9.73. The second-order valence-corrected chi connectivity index (χ2v) is 13.9. The van der Waals surface area contributed by atoms with Crippen LogP contribution in [0.5, 0.6) is 0 Å². The zero-order chi connectivity index (χ0) is 32.5. The van der Waals surface area contributed by atoms with E-state index < -0.39 is 34.8 Å². The molecule has 9 nitrogen and oxygen atoms in total. The van der Waals surface area contributed by atoms with Crippen molar-refractivity contribution in [3.8, 4) is 0 Å². The van der Waals surface area contributed by atoms with Gasteiger partial charge in [0.15, 0.2) is 11.2 Å². The van der Waals surface area contributed by atoms with Gasteiger partial charge < -0.3 is 19.5 Å². The van der Waals surface area contributed by atoms with Gasteiger partial charge in [0.05, 0.1) is 28.2 Å². The Morgan fingerprint density at radius 2 is 1.84 bits per heavy atom. The summed E-state index contributed by atoms with van der Waals surface area (Å²) in [6, 6.07) is 2.74. The molecule has 1 aliphatic heterocycles. The Hall–Kier alpha value is -3.67. The average Bonchev–Trinajstić information content (AvgIpc) is 3.75. The number of aromatic nitrogens is 3. The van der Waals surface area contributed by atoms with Crippen molar-refractivity contribution in [3.05, 3.63) is 62.2 Å². The minimum Gasteiger partial charge on any atom is -0.444 e. The van der Waals surface area contributed by atoms with E-state index in [9.17, 15) is 27.6 Å². The third-order valence-corrected chi connectivity index (χ3v) is 9.26. The molecule has 2 fully saturated rings. The van der Waals surface area contributed by atoms with Crippen LogP contribution in [-0.4, -0.2) is 50.1 Å². The van der Waals surface area contributed by atoms with Gasteiger partial charge in [0, 0.05) is 35.7 Å². The Morgan fingerprint density at radius 3 is 2.44 bits per heavy atom. The highest BCUT2D eigenvalue weighted by molar-refractivity contribution is 6.33. The molecule has 45 heavy (non-hydrogen) atoms. The molecule has 3 aliphatic rings. The summed E-state index contributed by atoms with van der Waals surface area (Å²) in [6.45, 7) is 8.04. The van der Waals surface area contributed by atoms with Gasteiger partial charge in [-0.1, -0.05) is 18.5 Å². The molecule has 2 aromatic heterocycles. The van der Waals surface area contributed by atoms with Gasteiger partial charge in [-0.15, -0.1) is 0 Å². The van der Waals surface area contributed by atoms with Crippen LogP contribution in [0.25, 0.3) is 11.2 Å². The second-order valence-electron chi connectivity index (χ2n) is 13.5. The van der Waals surface area contributed by atoms with Crippen molar-refractivity contribution in [2.75, 3.05) is 18.4 Å². The van der Waals surface area contributed by atoms with Gasteiger partial charge in [0.2, 0.25) is 11.3 Å². The summed E-state index contributed by atoms with van der Waals surface area (Å²) in [6.07, 6.45) is 0.377. The van der Waals surface area contributed by atoms with Crippen molar-refractivity contribution in [3.63, 3.8) is 0 Å². The minimum absolute atomic E-state index is 0.0396. The Labute approximate surface area is 263 Å². The van der Waals surface area contributed by atoms with Crippen molar-refractivity contribution >= 4 is 40.5 Å². The molecule has 1 saturated heterocycles. The monoisotopic (exact) mass is 645 g/mol. The van der Waals surface area contributed by atoms with Crippen LogP contribution in [0.4, 0.5) is 23.7 Å². The van der Waals surface area contributed by atoms with Crippen LogP contribution in [0.3, 0.4) is 0 Å². The fourth-order valence-electron chi connectivity index (χ4n) is 6.80. The number of pyridine rings is 1. The summed E-state index contributed by atoms with van der Waals surface area (Å²) in [5, 5.41) is 2.38. The number of anilines is 1. The molecule has 1 saturated carbocycles. The van der Waals surface area contributed by atoms with Crippen LogP contribution in [0, 0.1) is 0 Å². The highest BCUT2D eigenvalue weighted by atomic mass is 35.5. The van der Waals surface area contributed by atoms with Gasteiger partial charge >= 0.3 is 12.3 Å². The van der Waals surface area contributed by atoms with E-state index >= 15 is 0 Å². The summed E-state index contributed by atoms with van der Waals surface area (Å²) in [7, 11) is 0. The first-order valence-corrected chi connectivity index (χ1v) is 15.5. The highest BCUT2D eigenvalue weighted by Crippen LogP contribution is 2.51. The maximum atomic E-state index is 14.3. The molecule has 240 valence electrons. The van der Waals surface area contributed by atoms with Gasteiger partial charge in [-0.05, 0) is 77.0 Å². The first-order chi connectivity index (χ1) is 21.1. The molecule has 6 rings (SSSR count). The van der Waals surface area contributed by atoms with Crippen LogP contribution < -0.4 is 10.7 Å². The van der Waals surface area contributed by atoms with Gasteiger partial charge in [-0.2, -0.15) is 13.2 Å². The highest BCUT2D eigenvalue weighted by Gasteiger charge is 2.49. The summed E-state index contributed by atoms with van der Waals surface area (Å²) in [5.74, 6) is -0.402. The molecule has 2 aliphatic carbocycles. The second kappa shape index (κ2) is 11.0. The number of benzene rings is 1. The topological polar surface area (TPSA) is 106 Å². The van der Waals surface area contributed by atoms with E-state index in [1.54, 1.807) is 15.7 Å². The lowest BCUT2D eigenvalue weighted by molar-refractivity contribution is -0.137.